The topological polar surface area (TPSA) is 65.4 Å². The summed E-state index contributed by atoms with van der Waals surface area (Å²) in [6, 6.07) is 9.46. The first-order valence-electron chi connectivity index (χ1n) is 6.13. The van der Waals surface area contributed by atoms with Crippen LogP contribution < -0.4 is 10.1 Å². The molecule has 0 bridgehead atoms. The van der Waals surface area contributed by atoms with Crippen LogP contribution in [0.2, 0.25) is 0 Å². The molecule has 1 aromatic carbocycles. The lowest BCUT2D eigenvalue weighted by atomic mass is 10.2. The summed E-state index contributed by atoms with van der Waals surface area (Å²) in [5, 5.41) is 11.6. The second-order valence-corrected chi connectivity index (χ2v) is 4.31. The molecule has 0 saturated heterocycles. The Labute approximate surface area is 113 Å². The van der Waals surface area contributed by atoms with Gasteiger partial charge in [0.05, 0.1) is 0 Å². The third-order valence-electron chi connectivity index (χ3n) is 2.57. The number of amides is 1. The van der Waals surface area contributed by atoms with Crippen molar-refractivity contribution in [2.75, 3.05) is 27.2 Å². The lowest BCUT2D eigenvalue weighted by Gasteiger charge is -2.10. The SMILES string of the molecule is CN(C)C(=O)CCNCc1ccc(OCC#N)cc1. The highest BCUT2D eigenvalue weighted by Gasteiger charge is 2.02. The maximum atomic E-state index is 11.3. The van der Waals surface area contributed by atoms with Gasteiger partial charge in [-0.3, -0.25) is 4.79 Å². The van der Waals surface area contributed by atoms with Crippen LogP contribution in [0.1, 0.15) is 12.0 Å². The van der Waals surface area contributed by atoms with Gasteiger partial charge < -0.3 is 15.0 Å². The first kappa shape index (κ1) is 15.0. The molecular weight excluding hydrogens is 242 g/mol. The third-order valence-corrected chi connectivity index (χ3v) is 2.57. The van der Waals surface area contributed by atoms with Crippen molar-refractivity contribution >= 4 is 5.91 Å². The predicted molar refractivity (Wildman–Crippen MR) is 72.6 cm³/mol. The van der Waals surface area contributed by atoms with Crippen LogP contribution in [0, 0.1) is 11.3 Å². The Morgan fingerprint density at radius 3 is 2.63 bits per heavy atom. The number of carbonyl (C=O) groups excluding carboxylic acids is 1. The van der Waals surface area contributed by atoms with Crippen molar-refractivity contribution in [2.45, 2.75) is 13.0 Å². The third kappa shape index (κ3) is 5.89. The van der Waals surface area contributed by atoms with E-state index in [1.54, 1.807) is 19.0 Å². The summed E-state index contributed by atoms with van der Waals surface area (Å²) in [6.45, 7) is 1.42. The van der Waals surface area contributed by atoms with E-state index in [0.29, 0.717) is 25.3 Å². The van der Waals surface area contributed by atoms with Crippen LogP contribution in [-0.2, 0) is 11.3 Å². The Morgan fingerprint density at radius 1 is 1.37 bits per heavy atom. The smallest absolute Gasteiger partial charge is 0.223 e. The molecule has 0 aromatic heterocycles. The van der Waals surface area contributed by atoms with Crippen molar-refractivity contribution in [1.29, 1.82) is 5.26 Å². The van der Waals surface area contributed by atoms with Gasteiger partial charge in [-0.25, -0.2) is 0 Å². The molecule has 1 N–H and O–H groups in total. The molecule has 0 saturated carbocycles. The van der Waals surface area contributed by atoms with Crippen LogP contribution in [-0.4, -0.2) is 38.1 Å². The number of benzene rings is 1. The summed E-state index contributed by atoms with van der Waals surface area (Å²) in [5.74, 6) is 0.806. The molecule has 0 spiro atoms. The average Bonchev–Trinajstić information content (AvgIpc) is 2.42. The van der Waals surface area contributed by atoms with Gasteiger partial charge in [-0.15, -0.1) is 0 Å². The molecule has 5 nitrogen and oxygen atoms in total. The molecule has 102 valence electrons. The van der Waals surface area contributed by atoms with Gasteiger partial charge in [0.1, 0.15) is 11.8 Å². The molecule has 0 fully saturated rings. The minimum atomic E-state index is 0.0598. The molecule has 0 aliphatic carbocycles. The Hall–Kier alpha value is -2.06. The summed E-state index contributed by atoms with van der Waals surface area (Å²) in [4.78, 5) is 12.9. The van der Waals surface area contributed by atoms with Crippen LogP contribution in [0.3, 0.4) is 0 Å². The van der Waals surface area contributed by atoms with Gasteiger partial charge in [-0.2, -0.15) is 5.26 Å². The van der Waals surface area contributed by atoms with E-state index >= 15 is 0 Å². The van der Waals surface area contributed by atoms with Gasteiger partial charge in [0.25, 0.3) is 0 Å². The number of nitrogens with one attached hydrogen (secondary N) is 1. The molecule has 1 aromatic rings. The average molecular weight is 261 g/mol. The number of rotatable bonds is 7. The largest absolute Gasteiger partial charge is 0.479 e. The van der Waals surface area contributed by atoms with E-state index in [-0.39, 0.29) is 12.5 Å². The van der Waals surface area contributed by atoms with Crippen molar-refractivity contribution in [1.82, 2.24) is 10.2 Å². The van der Waals surface area contributed by atoms with Crippen LogP contribution in [0.15, 0.2) is 24.3 Å². The number of hydrogen-bond donors (Lipinski definition) is 1. The highest BCUT2D eigenvalue weighted by molar-refractivity contribution is 5.75. The minimum absolute atomic E-state index is 0.0598. The Balaban J connectivity index is 2.26. The monoisotopic (exact) mass is 261 g/mol. The minimum Gasteiger partial charge on any atom is -0.479 e. The first-order valence-corrected chi connectivity index (χ1v) is 6.13. The van der Waals surface area contributed by atoms with Gasteiger partial charge in [-0.05, 0) is 17.7 Å². The molecule has 0 aliphatic heterocycles. The first-order chi connectivity index (χ1) is 9.13. The zero-order valence-electron chi connectivity index (χ0n) is 11.3. The molecule has 0 aliphatic rings. The fraction of sp³-hybridized carbons (Fsp3) is 0.429. The van der Waals surface area contributed by atoms with Crippen molar-refractivity contribution < 1.29 is 9.53 Å². The summed E-state index contributed by atoms with van der Waals surface area (Å²) in [6.07, 6.45) is 0.496. The maximum Gasteiger partial charge on any atom is 0.223 e. The number of nitriles is 1. The summed E-state index contributed by atoms with van der Waals surface area (Å²) >= 11 is 0. The molecule has 19 heavy (non-hydrogen) atoms. The van der Waals surface area contributed by atoms with E-state index in [2.05, 4.69) is 5.32 Å². The van der Waals surface area contributed by atoms with Crippen molar-refractivity contribution in [3.8, 4) is 11.8 Å². The van der Waals surface area contributed by atoms with Crippen LogP contribution in [0.25, 0.3) is 0 Å². The second-order valence-electron chi connectivity index (χ2n) is 4.31. The number of hydrogen-bond acceptors (Lipinski definition) is 4. The molecule has 5 heteroatoms. The summed E-state index contributed by atoms with van der Waals surface area (Å²) in [5.41, 5.74) is 1.11. The normalized spacial score (nSPS) is 9.74. The molecule has 0 atom stereocenters. The lowest BCUT2D eigenvalue weighted by Crippen LogP contribution is -2.26. The van der Waals surface area contributed by atoms with Gasteiger partial charge in [0, 0.05) is 33.6 Å². The Bertz CT molecular complexity index is 435. The van der Waals surface area contributed by atoms with E-state index < -0.39 is 0 Å². The summed E-state index contributed by atoms with van der Waals surface area (Å²) in [7, 11) is 3.50. The molecule has 0 radical (unpaired) electrons. The Morgan fingerprint density at radius 2 is 2.05 bits per heavy atom. The quantitative estimate of drug-likeness (QED) is 0.748. The molecule has 0 unspecified atom stereocenters. The summed E-state index contributed by atoms with van der Waals surface area (Å²) < 4.78 is 5.16. The fourth-order valence-corrected chi connectivity index (χ4v) is 1.47. The number of ether oxygens (including phenoxy) is 1. The van der Waals surface area contributed by atoms with E-state index in [1.165, 1.54) is 0 Å². The maximum absolute atomic E-state index is 11.3. The second kappa shape index (κ2) is 8.11. The predicted octanol–water partition coefficient (Wildman–Crippen LogP) is 1.16. The lowest BCUT2D eigenvalue weighted by molar-refractivity contribution is -0.128. The Kier molecular flexibility index (Phi) is 6.41. The zero-order valence-corrected chi connectivity index (χ0v) is 11.3. The number of nitrogens with zero attached hydrogens (tertiary/aromatic N) is 2. The van der Waals surface area contributed by atoms with Crippen molar-refractivity contribution in [2.24, 2.45) is 0 Å². The van der Waals surface area contributed by atoms with E-state index in [0.717, 1.165) is 5.56 Å². The highest BCUT2D eigenvalue weighted by atomic mass is 16.5. The van der Waals surface area contributed by atoms with Gasteiger partial charge in [0.15, 0.2) is 6.61 Å². The van der Waals surface area contributed by atoms with E-state index in [1.807, 2.05) is 30.3 Å². The highest BCUT2D eigenvalue weighted by Crippen LogP contribution is 2.11. The van der Waals surface area contributed by atoms with Crippen molar-refractivity contribution in [3.63, 3.8) is 0 Å². The van der Waals surface area contributed by atoms with Gasteiger partial charge in [-0.1, -0.05) is 12.1 Å². The van der Waals surface area contributed by atoms with E-state index in [4.69, 9.17) is 10.00 Å². The fourth-order valence-electron chi connectivity index (χ4n) is 1.47. The number of carbonyl (C=O) groups is 1. The van der Waals surface area contributed by atoms with Crippen LogP contribution in [0.4, 0.5) is 0 Å². The zero-order chi connectivity index (χ0) is 14.1. The van der Waals surface area contributed by atoms with Gasteiger partial charge >= 0.3 is 0 Å². The standard InChI is InChI=1S/C14H19N3O2/c1-17(2)14(18)7-9-16-11-12-3-5-13(6-4-12)19-10-8-15/h3-6,16H,7,9-11H2,1-2H3. The van der Waals surface area contributed by atoms with E-state index in [9.17, 15) is 4.79 Å². The van der Waals surface area contributed by atoms with Crippen LogP contribution >= 0.6 is 0 Å². The molecule has 1 rings (SSSR count). The van der Waals surface area contributed by atoms with Crippen molar-refractivity contribution in [3.05, 3.63) is 29.8 Å². The molecule has 1 amide bonds. The molecular formula is C14H19N3O2. The van der Waals surface area contributed by atoms with Crippen LogP contribution in [0.5, 0.6) is 5.75 Å². The van der Waals surface area contributed by atoms with Gasteiger partial charge in [0.2, 0.25) is 5.91 Å². The molecule has 0 heterocycles.